The Morgan fingerprint density at radius 3 is 2.65 bits per heavy atom. The molecular formula is C27H39N5O2. The number of nitrogens with one attached hydrogen (secondary N) is 2. The van der Waals surface area contributed by atoms with Crippen molar-refractivity contribution >= 4 is 22.5 Å². The molecular weight excluding hydrogens is 426 g/mol. The Kier molecular flexibility index (Phi) is 7.14. The van der Waals surface area contributed by atoms with Crippen LogP contribution in [0, 0.1) is 12.3 Å². The zero-order valence-corrected chi connectivity index (χ0v) is 21.5. The maximum atomic E-state index is 13.4. The number of aromatic nitrogens is 3. The van der Waals surface area contributed by atoms with Gasteiger partial charge >= 0.3 is 0 Å². The van der Waals surface area contributed by atoms with Gasteiger partial charge in [0.25, 0.3) is 0 Å². The highest BCUT2D eigenvalue weighted by molar-refractivity contribution is 5.99. The van der Waals surface area contributed by atoms with Crippen molar-refractivity contribution in [2.24, 2.45) is 5.41 Å². The van der Waals surface area contributed by atoms with Gasteiger partial charge in [-0.2, -0.15) is 5.10 Å². The second-order valence-electron chi connectivity index (χ2n) is 10.7. The van der Waals surface area contributed by atoms with Gasteiger partial charge in [0.05, 0.1) is 24.9 Å². The number of aromatic amines is 2. The van der Waals surface area contributed by atoms with E-state index in [1.54, 1.807) is 4.90 Å². The fourth-order valence-corrected chi connectivity index (χ4v) is 4.76. The molecule has 7 heteroatoms. The number of carbonyl (C=O) groups excluding carboxylic acids is 1. The van der Waals surface area contributed by atoms with Crippen LogP contribution in [0.15, 0.2) is 24.3 Å². The van der Waals surface area contributed by atoms with Crippen LogP contribution in [0.4, 0.5) is 5.69 Å². The van der Waals surface area contributed by atoms with E-state index in [1.807, 2.05) is 13.1 Å². The maximum absolute atomic E-state index is 13.4. The molecule has 1 aliphatic rings. The lowest BCUT2D eigenvalue weighted by atomic mass is 9.88. The minimum atomic E-state index is -0.124. The average Bonchev–Trinajstić information content (AvgIpc) is 3.40. The molecule has 3 aromatic rings. The first-order valence-corrected chi connectivity index (χ1v) is 12.4. The van der Waals surface area contributed by atoms with Crippen LogP contribution in [0.5, 0.6) is 0 Å². The Hall–Kier alpha value is -2.64. The van der Waals surface area contributed by atoms with Crippen LogP contribution in [0.25, 0.3) is 22.3 Å². The Morgan fingerprint density at radius 2 is 1.97 bits per heavy atom. The predicted molar refractivity (Wildman–Crippen MR) is 138 cm³/mol. The monoisotopic (exact) mass is 465 g/mol. The molecule has 1 atom stereocenters. The van der Waals surface area contributed by atoms with Gasteiger partial charge in [0.2, 0.25) is 5.91 Å². The number of likely N-dealkylation sites (N-methyl/N-ethyl adjacent to an activating group) is 1. The van der Waals surface area contributed by atoms with Crippen molar-refractivity contribution in [1.82, 2.24) is 20.1 Å². The number of amides is 1. The van der Waals surface area contributed by atoms with Gasteiger partial charge in [0.15, 0.2) is 0 Å². The number of ether oxygens (including phenoxy) is 1. The molecule has 1 aromatic carbocycles. The summed E-state index contributed by atoms with van der Waals surface area (Å²) in [6.45, 7) is 14.0. The summed E-state index contributed by atoms with van der Waals surface area (Å²) in [5, 5.41) is 8.90. The number of rotatable bonds is 7. The van der Waals surface area contributed by atoms with Crippen LogP contribution in [-0.2, 0) is 16.0 Å². The summed E-state index contributed by atoms with van der Waals surface area (Å²) < 4.78 is 5.47. The third-order valence-corrected chi connectivity index (χ3v) is 6.94. The SMILES string of the molecule is CC[C@@H](C(=O)N(C)c1ccc2cc(-c3n[nH]c(C)c3CCC(C)(C)C)[nH]c2c1)N1CCOCC1. The van der Waals surface area contributed by atoms with Crippen LogP contribution >= 0.6 is 0 Å². The van der Waals surface area contributed by atoms with Crippen LogP contribution in [0.3, 0.4) is 0 Å². The normalized spacial score (nSPS) is 16.2. The third-order valence-electron chi connectivity index (χ3n) is 6.94. The Morgan fingerprint density at radius 1 is 1.24 bits per heavy atom. The number of benzene rings is 1. The molecule has 0 saturated carbocycles. The summed E-state index contributed by atoms with van der Waals surface area (Å²) in [4.78, 5) is 20.9. The van der Waals surface area contributed by atoms with Gasteiger partial charge < -0.3 is 14.6 Å². The molecule has 1 amide bonds. The van der Waals surface area contributed by atoms with Gasteiger partial charge in [-0.25, -0.2) is 0 Å². The molecule has 0 aliphatic carbocycles. The van der Waals surface area contributed by atoms with Crippen molar-refractivity contribution in [2.75, 3.05) is 38.3 Å². The number of H-pyrrole nitrogens is 2. The number of nitrogens with zero attached hydrogens (tertiary/aromatic N) is 3. The predicted octanol–water partition coefficient (Wildman–Crippen LogP) is 4.92. The van der Waals surface area contributed by atoms with Crippen molar-refractivity contribution in [2.45, 2.75) is 59.9 Å². The Labute approximate surface area is 202 Å². The number of fused-ring (bicyclic) bond motifs is 1. The molecule has 1 aliphatic heterocycles. The first-order valence-electron chi connectivity index (χ1n) is 12.4. The smallest absolute Gasteiger partial charge is 0.244 e. The van der Waals surface area contributed by atoms with Gasteiger partial charge in [0.1, 0.15) is 5.69 Å². The first kappa shape index (κ1) is 24.5. The molecule has 184 valence electrons. The van der Waals surface area contributed by atoms with Gasteiger partial charge in [-0.05, 0) is 49.8 Å². The van der Waals surface area contributed by atoms with E-state index in [-0.39, 0.29) is 17.4 Å². The van der Waals surface area contributed by atoms with Crippen molar-refractivity contribution in [3.8, 4) is 11.4 Å². The van der Waals surface area contributed by atoms with E-state index >= 15 is 0 Å². The summed E-state index contributed by atoms with van der Waals surface area (Å²) in [6, 6.07) is 8.20. The van der Waals surface area contributed by atoms with E-state index in [2.05, 4.69) is 72.9 Å². The van der Waals surface area contributed by atoms with Gasteiger partial charge in [-0.1, -0.05) is 33.8 Å². The second kappa shape index (κ2) is 9.92. The van der Waals surface area contributed by atoms with Crippen molar-refractivity contribution in [3.63, 3.8) is 0 Å². The topological polar surface area (TPSA) is 77.2 Å². The second-order valence-corrected chi connectivity index (χ2v) is 10.7. The lowest BCUT2D eigenvalue weighted by molar-refractivity contribution is -0.125. The summed E-state index contributed by atoms with van der Waals surface area (Å²) in [6.07, 6.45) is 2.87. The largest absolute Gasteiger partial charge is 0.379 e. The molecule has 0 bridgehead atoms. The zero-order valence-electron chi connectivity index (χ0n) is 21.5. The molecule has 2 aromatic heterocycles. The lowest BCUT2D eigenvalue weighted by Crippen LogP contribution is -2.51. The van der Waals surface area contributed by atoms with Gasteiger partial charge in [-0.3, -0.25) is 14.8 Å². The number of carbonyl (C=O) groups is 1. The van der Waals surface area contributed by atoms with E-state index in [4.69, 9.17) is 4.74 Å². The highest BCUT2D eigenvalue weighted by Crippen LogP contribution is 2.32. The minimum Gasteiger partial charge on any atom is -0.379 e. The number of hydrogen-bond acceptors (Lipinski definition) is 4. The first-order chi connectivity index (χ1) is 16.2. The van der Waals surface area contributed by atoms with Crippen LogP contribution in [0.2, 0.25) is 0 Å². The lowest BCUT2D eigenvalue weighted by Gasteiger charge is -2.35. The fourth-order valence-electron chi connectivity index (χ4n) is 4.76. The van der Waals surface area contributed by atoms with E-state index in [0.29, 0.717) is 13.2 Å². The van der Waals surface area contributed by atoms with Crippen LogP contribution in [0.1, 0.15) is 51.8 Å². The molecule has 0 spiro atoms. The molecule has 1 saturated heterocycles. The highest BCUT2D eigenvalue weighted by atomic mass is 16.5. The highest BCUT2D eigenvalue weighted by Gasteiger charge is 2.29. The van der Waals surface area contributed by atoms with E-state index in [0.717, 1.165) is 66.0 Å². The van der Waals surface area contributed by atoms with Crippen LogP contribution < -0.4 is 4.90 Å². The number of morpholine rings is 1. The van der Waals surface area contributed by atoms with Gasteiger partial charge in [0, 0.05) is 48.0 Å². The summed E-state index contributed by atoms with van der Waals surface area (Å²) in [5.74, 6) is 0.128. The van der Waals surface area contributed by atoms with Crippen LogP contribution in [-0.4, -0.2) is 65.4 Å². The van der Waals surface area contributed by atoms with Crippen molar-refractivity contribution < 1.29 is 9.53 Å². The number of aryl methyl sites for hydroxylation is 1. The molecule has 0 radical (unpaired) electrons. The summed E-state index contributed by atoms with van der Waals surface area (Å²) in [5.41, 5.74) is 6.56. The molecule has 3 heterocycles. The van der Waals surface area contributed by atoms with Crippen molar-refractivity contribution in [3.05, 3.63) is 35.5 Å². The Bertz CT molecular complexity index is 1130. The molecule has 2 N–H and O–H groups in total. The molecule has 0 unspecified atom stereocenters. The minimum absolute atomic E-state index is 0.124. The van der Waals surface area contributed by atoms with E-state index < -0.39 is 0 Å². The Balaban J connectivity index is 1.57. The average molecular weight is 466 g/mol. The molecule has 4 rings (SSSR count). The van der Waals surface area contributed by atoms with Crippen molar-refractivity contribution in [1.29, 1.82) is 0 Å². The molecule has 7 nitrogen and oxygen atoms in total. The molecule has 1 fully saturated rings. The molecule has 34 heavy (non-hydrogen) atoms. The van der Waals surface area contributed by atoms with E-state index in [1.165, 1.54) is 5.56 Å². The third kappa shape index (κ3) is 5.20. The number of hydrogen-bond donors (Lipinski definition) is 2. The van der Waals surface area contributed by atoms with Gasteiger partial charge in [-0.15, -0.1) is 0 Å². The quantitative estimate of drug-likeness (QED) is 0.519. The maximum Gasteiger partial charge on any atom is 0.244 e. The number of anilines is 1. The summed E-state index contributed by atoms with van der Waals surface area (Å²) >= 11 is 0. The zero-order chi connectivity index (χ0) is 24.5. The fraction of sp³-hybridized carbons (Fsp3) is 0.556. The standard InChI is InChI=1S/C27H39N5O2/c1-7-24(32-12-14-34-15-13-32)26(33)31(6)20-9-8-19-16-23(28-22(19)17-20)25-21(18(2)29-30-25)10-11-27(3,4)5/h8-9,16-17,24,28H,7,10-15H2,1-6H3,(H,29,30)/t24-/m0/s1. The van der Waals surface area contributed by atoms with E-state index in [9.17, 15) is 4.79 Å². The summed E-state index contributed by atoms with van der Waals surface area (Å²) in [7, 11) is 1.87.